The summed E-state index contributed by atoms with van der Waals surface area (Å²) in [7, 11) is 0. The Morgan fingerprint density at radius 2 is 2.15 bits per heavy atom. The van der Waals surface area contributed by atoms with Crippen LogP contribution in [0.3, 0.4) is 0 Å². The lowest BCUT2D eigenvalue weighted by molar-refractivity contribution is -0.00750. The summed E-state index contributed by atoms with van der Waals surface area (Å²) in [6, 6.07) is 1.47. The number of piperidine rings is 1. The van der Waals surface area contributed by atoms with E-state index in [-0.39, 0.29) is 11.8 Å². The fourth-order valence-corrected chi connectivity index (χ4v) is 4.02. The first-order valence-corrected chi connectivity index (χ1v) is 9.27. The molecule has 26 heavy (non-hydrogen) atoms. The molecule has 3 heterocycles. The number of alkyl halides is 2. The number of halogens is 2. The zero-order valence-corrected chi connectivity index (χ0v) is 15.4. The van der Waals surface area contributed by atoms with Crippen LogP contribution in [-0.2, 0) is 11.3 Å². The maximum Gasteiger partial charge on any atom is 0.281 e. The van der Waals surface area contributed by atoms with Crippen LogP contribution in [0.1, 0.15) is 52.9 Å². The highest BCUT2D eigenvalue weighted by atomic mass is 32.1. The number of ether oxygens (including phenoxy) is 1. The van der Waals surface area contributed by atoms with Gasteiger partial charge in [-0.3, -0.25) is 4.90 Å². The number of rotatable bonds is 6. The van der Waals surface area contributed by atoms with Crippen molar-refractivity contribution >= 4 is 11.3 Å². The van der Waals surface area contributed by atoms with Crippen molar-refractivity contribution in [3.05, 3.63) is 33.1 Å². The molecule has 140 valence electrons. The van der Waals surface area contributed by atoms with E-state index in [0.717, 1.165) is 41.2 Å². The Hall–Kier alpha value is -1.89. The van der Waals surface area contributed by atoms with Crippen LogP contribution in [0.4, 0.5) is 8.78 Å². The normalized spacial score (nSPS) is 17.5. The topological polar surface area (TPSA) is 75.2 Å². The summed E-state index contributed by atoms with van der Waals surface area (Å²) < 4.78 is 37.2. The van der Waals surface area contributed by atoms with E-state index in [9.17, 15) is 14.0 Å². The van der Waals surface area contributed by atoms with Crippen LogP contribution in [0.2, 0.25) is 0 Å². The molecule has 6 nitrogen and oxygen atoms in total. The highest BCUT2D eigenvalue weighted by Crippen LogP contribution is 2.34. The van der Waals surface area contributed by atoms with Crippen molar-refractivity contribution in [3.63, 3.8) is 0 Å². The number of aryl methyl sites for hydroxylation is 2. The van der Waals surface area contributed by atoms with Gasteiger partial charge in [-0.1, -0.05) is 5.16 Å². The second-order valence-electron chi connectivity index (χ2n) is 6.28. The summed E-state index contributed by atoms with van der Waals surface area (Å²) >= 11 is 1.11. The lowest BCUT2D eigenvalue weighted by atomic mass is 10.0. The van der Waals surface area contributed by atoms with E-state index in [1.807, 2.05) is 18.7 Å². The second kappa shape index (κ2) is 8.20. The number of nitrogens with zero attached hydrogens (tertiary/aromatic N) is 4. The Kier molecular flexibility index (Phi) is 5.96. The molecule has 0 radical (unpaired) electrons. The lowest BCUT2D eigenvalue weighted by Gasteiger charge is -2.34. The molecule has 0 aromatic carbocycles. The maximum atomic E-state index is 13.1. The number of thiazole rings is 1. The molecule has 1 aliphatic heterocycles. The number of nitriles is 1. The van der Waals surface area contributed by atoms with Crippen LogP contribution in [0, 0.1) is 25.2 Å². The van der Waals surface area contributed by atoms with E-state index in [4.69, 9.17) is 9.26 Å². The molecule has 1 fully saturated rings. The molecule has 1 unspecified atom stereocenters. The third kappa shape index (κ3) is 3.92. The van der Waals surface area contributed by atoms with Gasteiger partial charge in [0.05, 0.1) is 34.9 Å². The molecule has 1 atom stereocenters. The minimum Gasteiger partial charge on any atom is -0.373 e. The van der Waals surface area contributed by atoms with E-state index >= 15 is 0 Å². The van der Waals surface area contributed by atoms with Gasteiger partial charge in [0.15, 0.2) is 0 Å². The summed E-state index contributed by atoms with van der Waals surface area (Å²) in [4.78, 5) is 5.99. The third-order valence-corrected chi connectivity index (χ3v) is 5.58. The van der Waals surface area contributed by atoms with Crippen LogP contribution >= 0.6 is 11.3 Å². The van der Waals surface area contributed by atoms with Crippen molar-refractivity contribution in [2.24, 2.45) is 0 Å². The molecule has 9 heteroatoms. The van der Waals surface area contributed by atoms with E-state index in [2.05, 4.69) is 16.2 Å². The third-order valence-electron chi connectivity index (χ3n) is 4.69. The minimum absolute atomic E-state index is 0.0651. The van der Waals surface area contributed by atoms with Crippen LogP contribution in [0.25, 0.3) is 0 Å². The molecular weight excluding hydrogens is 362 g/mol. The fourth-order valence-electron chi connectivity index (χ4n) is 3.15. The van der Waals surface area contributed by atoms with Crippen molar-refractivity contribution in [2.45, 2.75) is 51.9 Å². The van der Waals surface area contributed by atoms with E-state index in [1.54, 1.807) is 0 Å². The highest BCUT2D eigenvalue weighted by Gasteiger charge is 2.31. The molecule has 2 aromatic heterocycles. The molecule has 0 bridgehead atoms. The van der Waals surface area contributed by atoms with Crippen molar-refractivity contribution in [2.75, 3.05) is 13.1 Å². The van der Waals surface area contributed by atoms with Gasteiger partial charge in [0, 0.05) is 18.7 Å². The van der Waals surface area contributed by atoms with Crippen molar-refractivity contribution in [3.8, 4) is 6.07 Å². The van der Waals surface area contributed by atoms with E-state index in [0.29, 0.717) is 24.6 Å². The van der Waals surface area contributed by atoms with E-state index < -0.39 is 12.5 Å². The molecule has 0 saturated carbocycles. The average Bonchev–Trinajstić information content (AvgIpc) is 3.23. The Morgan fingerprint density at radius 1 is 1.42 bits per heavy atom. The quantitative estimate of drug-likeness (QED) is 0.753. The first-order chi connectivity index (χ1) is 12.5. The van der Waals surface area contributed by atoms with Crippen molar-refractivity contribution < 1.29 is 18.0 Å². The number of likely N-dealkylation sites (tertiary alicyclic amines) is 1. The van der Waals surface area contributed by atoms with Crippen LogP contribution < -0.4 is 0 Å². The molecule has 3 rings (SSSR count). The standard InChI is InChI=1S/C17H20F2N4O2S/c1-10-13(11(2)25-22-10)8-24-12-3-5-23(6-4-12)14(7-20)16-15(17(18)19)21-9-26-16/h9,12,14,17H,3-6,8H2,1-2H3. The first kappa shape index (κ1) is 18.9. The van der Waals surface area contributed by atoms with Gasteiger partial charge in [0.25, 0.3) is 6.43 Å². The molecule has 0 N–H and O–H groups in total. The van der Waals surface area contributed by atoms with Gasteiger partial charge in [0.2, 0.25) is 0 Å². The summed E-state index contributed by atoms with van der Waals surface area (Å²) in [5.74, 6) is 0.759. The summed E-state index contributed by atoms with van der Waals surface area (Å²) in [6.45, 7) is 5.41. The number of hydrogen-bond acceptors (Lipinski definition) is 7. The van der Waals surface area contributed by atoms with Gasteiger partial charge in [-0.15, -0.1) is 11.3 Å². The van der Waals surface area contributed by atoms with Crippen molar-refractivity contribution in [1.82, 2.24) is 15.0 Å². The van der Waals surface area contributed by atoms with Gasteiger partial charge in [-0.2, -0.15) is 5.26 Å². The smallest absolute Gasteiger partial charge is 0.281 e. The molecule has 2 aromatic rings. The summed E-state index contributed by atoms with van der Waals surface area (Å²) in [5.41, 5.74) is 2.89. The van der Waals surface area contributed by atoms with Gasteiger partial charge in [-0.05, 0) is 26.7 Å². The zero-order valence-electron chi connectivity index (χ0n) is 14.6. The predicted octanol–water partition coefficient (Wildman–Crippen LogP) is 3.93. The fraction of sp³-hybridized carbons (Fsp3) is 0.588. The van der Waals surface area contributed by atoms with Gasteiger partial charge in [0.1, 0.15) is 17.5 Å². The Balaban J connectivity index is 1.57. The van der Waals surface area contributed by atoms with Crippen LogP contribution in [0.5, 0.6) is 0 Å². The highest BCUT2D eigenvalue weighted by molar-refractivity contribution is 7.09. The minimum atomic E-state index is -2.66. The summed E-state index contributed by atoms with van der Waals surface area (Å²) in [6.07, 6.45) is -1.12. The van der Waals surface area contributed by atoms with Gasteiger partial charge in [-0.25, -0.2) is 13.8 Å². The number of aromatic nitrogens is 2. The molecule has 0 aliphatic carbocycles. The van der Waals surface area contributed by atoms with Gasteiger partial charge >= 0.3 is 0 Å². The molecule has 0 spiro atoms. The SMILES string of the molecule is Cc1noc(C)c1COC1CCN(C(C#N)c2scnc2C(F)F)CC1. The first-order valence-electron chi connectivity index (χ1n) is 8.39. The Labute approximate surface area is 154 Å². The van der Waals surface area contributed by atoms with Gasteiger partial charge < -0.3 is 9.26 Å². The molecular formula is C17H20F2N4O2S. The van der Waals surface area contributed by atoms with Crippen LogP contribution in [0.15, 0.2) is 10.0 Å². The zero-order chi connectivity index (χ0) is 18.7. The lowest BCUT2D eigenvalue weighted by Crippen LogP contribution is -2.39. The molecule has 1 saturated heterocycles. The van der Waals surface area contributed by atoms with Crippen molar-refractivity contribution in [1.29, 1.82) is 5.26 Å². The maximum absolute atomic E-state index is 13.1. The summed E-state index contributed by atoms with van der Waals surface area (Å²) in [5, 5.41) is 13.4. The Bertz CT molecular complexity index is 759. The Morgan fingerprint density at radius 3 is 2.73 bits per heavy atom. The van der Waals surface area contributed by atoms with Crippen LogP contribution in [-0.4, -0.2) is 34.2 Å². The van der Waals surface area contributed by atoms with E-state index in [1.165, 1.54) is 5.51 Å². The average molecular weight is 382 g/mol. The molecule has 0 amide bonds. The monoisotopic (exact) mass is 382 g/mol. The predicted molar refractivity (Wildman–Crippen MR) is 90.8 cm³/mol. The molecule has 1 aliphatic rings. The second-order valence-corrected chi connectivity index (χ2v) is 7.17. The largest absolute Gasteiger partial charge is 0.373 e. The number of hydrogen-bond donors (Lipinski definition) is 0.